The molecule has 0 fully saturated rings. The minimum absolute atomic E-state index is 0.0338. The zero-order chi connectivity index (χ0) is 14.8. The largest absolute Gasteiger partial charge is 0.264 e. The quantitative estimate of drug-likeness (QED) is 0.874. The average Bonchev–Trinajstić information content (AvgIpc) is 2.41. The van der Waals surface area contributed by atoms with Crippen molar-refractivity contribution in [2.45, 2.75) is 18.4 Å². The van der Waals surface area contributed by atoms with Gasteiger partial charge in [-0.3, -0.25) is 4.98 Å². The molecule has 2 rings (SSSR count). The van der Waals surface area contributed by atoms with E-state index in [-0.39, 0.29) is 21.6 Å². The number of hydrogen-bond donors (Lipinski definition) is 1. The van der Waals surface area contributed by atoms with Crippen LogP contribution in [0.1, 0.15) is 11.1 Å². The van der Waals surface area contributed by atoms with Crippen LogP contribution in [0.25, 0.3) is 0 Å². The molecule has 106 valence electrons. The highest BCUT2D eigenvalue weighted by Crippen LogP contribution is 2.22. The molecule has 8 heteroatoms. The minimum atomic E-state index is -3.70. The highest BCUT2D eigenvalue weighted by Gasteiger charge is 2.16. The Morgan fingerprint density at radius 3 is 2.70 bits per heavy atom. The number of sulfonamides is 1. The van der Waals surface area contributed by atoms with Crippen molar-refractivity contribution in [1.29, 1.82) is 0 Å². The van der Waals surface area contributed by atoms with Gasteiger partial charge in [0.25, 0.3) is 0 Å². The minimum Gasteiger partial charge on any atom is -0.264 e. The number of aryl methyl sites for hydroxylation is 1. The number of nitrogens with zero attached hydrogens (tertiary/aromatic N) is 2. The van der Waals surface area contributed by atoms with Crippen LogP contribution in [0.15, 0.2) is 35.6 Å². The highest BCUT2D eigenvalue weighted by atomic mass is 35.5. The Hall–Kier alpha value is -1.21. The fraction of sp³-hybridized carbons (Fsp3) is 0.167. The van der Waals surface area contributed by atoms with Gasteiger partial charge in [0, 0.05) is 25.1 Å². The molecule has 2 heterocycles. The zero-order valence-electron chi connectivity index (χ0n) is 10.5. The third-order valence-corrected chi connectivity index (χ3v) is 4.74. The molecule has 20 heavy (non-hydrogen) atoms. The van der Waals surface area contributed by atoms with E-state index in [1.165, 1.54) is 6.07 Å². The Balaban J connectivity index is 2.19. The Morgan fingerprint density at radius 2 is 2.05 bits per heavy atom. The van der Waals surface area contributed by atoms with Crippen molar-refractivity contribution in [2.24, 2.45) is 0 Å². The summed E-state index contributed by atoms with van der Waals surface area (Å²) in [4.78, 5) is 7.64. The standard InChI is InChI=1S/C12H11Cl2N3O2S/c1-8-2-3-15-5-9(8)6-17-20(18,19)10-4-11(13)12(14)16-7-10/h2-5,7,17H,6H2,1H3. The van der Waals surface area contributed by atoms with Crippen LogP contribution in [-0.4, -0.2) is 18.4 Å². The lowest BCUT2D eigenvalue weighted by atomic mass is 10.2. The molecule has 0 saturated heterocycles. The van der Waals surface area contributed by atoms with E-state index in [2.05, 4.69) is 14.7 Å². The number of nitrogens with one attached hydrogen (secondary N) is 1. The van der Waals surface area contributed by atoms with E-state index in [1.807, 2.05) is 13.0 Å². The smallest absolute Gasteiger partial charge is 0.242 e. The molecule has 2 aromatic heterocycles. The third kappa shape index (κ3) is 3.46. The number of pyridine rings is 2. The van der Waals surface area contributed by atoms with Crippen molar-refractivity contribution >= 4 is 33.2 Å². The lowest BCUT2D eigenvalue weighted by molar-refractivity contribution is 0.580. The molecule has 0 unspecified atom stereocenters. The van der Waals surface area contributed by atoms with Gasteiger partial charge >= 0.3 is 0 Å². The van der Waals surface area contributed by atoms with Gasteiger partial charge in [-0.2, -0.15) is 0 Å². The number of hydrogen-bond acceptors (Lipinski definition) is 4. The van der Waals surface area contributed by atoms with Crippen LogP contribution < -0.4 is 4.72 Å². The van der Waals surface area contributed by atoms with Gasteiger partial charge in [0.1, 0.15) is 10.0 Å². The van der Waals surface area contributed by atoms with E-state index < -0.39 is 10.0 Å². The van der Waals surface area contributed by atoms with Crippen molar-refractivity contribution in [1.82, 2.24) is 14.7 Å². The van der Waals surface area contributed by atoms with Crippen molar-refractivity contribution in [3.63, 3.8) is 0 Å². The average molecular weight is 332 g/mol. The van der Waals surface area contributed by atoms with Gasteiger partial charge in [0.15, 0.2) is 0 Å². The first-order chi connectivity index (χ1) is 9.40. The van der Waals surface area contributed by atoms with Crippen LogP contribution in [0.3, 0.4) is 0 Å². The molecule has 0 aliphatic heterocycles. The second-order valence-electron chi connectivity index (χ2n) is 4.07. The van der Waals surface area contributed by atoms with Crippen LogP contribution >= 0.6 is 23.2 Å². The normalized spacial score (nSPS) is 11.6. The topological polar surface area (TPSA) is 72.0 Å². The molecule has 2 aromatic rings. The Labute approximate surface area is 127 Å². The van der Waals surface area contributed by atoms with Gasteiger partial charge in [-0.15, -0.1) is 0 Å². The molecular formula is C12H11Cl2N3O2S. The highest BCUT2D eigenvalue weighted by molar-refractivity contribution is 7.89. The summed E-state index contributed by atoms with van der Waals surface area (Å²) < 4.78 is 26.7. The molecule has 0 atom stereocenters. The molecule has 0 spiro atoms. The van der Waals surface area contributed by atoms with E-state index in [0.717, 1.165) is 17.3 Å². The van der Waals surface area contributed by atoms with Crippen LogP contribution in [0.4, 0.5) is 0 Å². The summed E-state index contributed by atoms with van der Waals surface area (Å²) in [6.07, 6.45) is 4.42. The lowest BCUT2D eigenvalue weighted by Crippen LogP contribution is -2.23. The summed E-state index contributed by atoms with van der Waals surface area (Å²) in [6.45, 7) is 2.02. The van der Waals surface area contributed by atoms with Gasteiger partial charge in [0.05, 0.1) is 5.02 Å². The number of halogens is 2. The first-order valence-corrected chi connectivity index (χ1v) is 7.84. The SMILES string of the molecule is Cc1ccncc1CNS(=O)(=O)c1cnc(Cl)c(Cl)c1. The van der Waals surface area contributed by atoms with Crippen LogP contribution in [0, 0.1) is 6.92 Å². The summed E-state index contributed by atoms with van der Waals surface area (Å²) in [5, 5.41) is 0.154. The van der Waals surface area contributed by atoms with E-state index in [4.69, 9.17) is 23.2 Å². The van der Waals surface area contributed by atoms with Crippen molar-refractivity contribution in [3.8, 4) is 0 Å². The summed E-state index contributed by atoms with van der Waals surface area (Å²) in [5.74, 6) is 0. The summed E-state index contributed by atoms with van der Waals surface area (Å²) in [6, 6.07) is 3.07. The van der Waals surface area contributed by atoms with Gasteiger partial charge in [-0.1, -0.05) is 23.2 Å². The summed E-state index contributed by atoms with van der Waals surface area (Å²) in [5.41, 5.74) is 1.75. The maximum absolute atomic E-state index is 12.1. The molecule has 1 N–H and O–H groups in total. The third-order valence-electron chi connectivity index (χ3n) is 2.68. The molecule has 0 amide bonds. The van der Waals surface area contributed by atoms with Crippen LogP contribution in [0.5, 0.6) is 0 Å². The fourth-order valence-corrected chi connectivity index (χ4v) is 2.80. The second kappa shape index (κ2) is 6.05. The molecule has 0 saturated carbocycles. The summed E-state index contributed by atoms with van der Waals surface area (Å²) in [7, 11) is -3.70. The molecule has 5 nitrogen and oxygen atoms in total. The zero-order valence-corrected chi connectivity index (χ0v) is 12.8. The molecule has 0 aliphatic rings. The Morgan fingerprint density at radius 1 is 1.30 bits per heavy atom. The van der Waals surface area contributed by atoms with Crippen LogP contribution in [-0.2, 0) is 16.6 Å². The van der Waals surface area contributed by atoms with Crippen molar-refractivity contribution in [2.75, 3.05) is 0 Å². The van der Waals surface area contributed by atoms with E-state index >= 15 is 0 Å². The Kier molecular flexibility index (Phi) is 4.59. The monoisotopic (exact) mass is 331 g/mol. The van der Waals surface area contributed by atoms with E-state index in [9.17, 15) is 8.42 Å². The maximum atomic E-state index is 12.1. The molecule has 0 radical (unpaired) electrons. The molecule has 0 aliphatic carbocycles. The van der Waals surface area contributed by atoms with Gasteiger partial charge in [0.2, 0.25) is 10.0 Å². The van der Waals surface area contributed by atoms with Crippen LogP contribution in [0.2, 0.25) is 10.2 Å². The maximum Gasteiger partial charge on any atom is 0.242 e. The van der Waals surface area contributed by atoms with Gasteiger partial charge in [-0.05, 0) is 30.2 Å². The number of aromatic nitrogens is 2. The molecular weight excluding hydrogens is 321 g/mol. The van der Waals surface area contributed by atoms with Crippen molar-refractivity contribution < 1.29 is 8.42 Å². The van der Waals surface area contributed by atoms with Crippen molar-refractivity contribution in [3.05, 3.63) is 52.0 Å². The van der Waals surface area contributed by atoms with E-state index in [1.54, 1.807) is 12.4 Å². The molecule has 0 aromatic carbocycles. The number of rotatable bonds is 4. The first kappa shape index (κ1) is 15.2. The van der Waals surface area contributed by atoms with Gasteiger partial charge < -0.3 is 0 Å². The van der Waals surface area contributed by atoms with Gasteiger partial charge in [-0.25, -0.2) is 18.1 Å². The lowest BCUT2D eigenvalue weighted by Gasteiger charge is -2.08. The fourth-order valence-electron chi connectivity index (χ4n) is 1.49. The predicted octanol–water partition coefficient (Wildman–Crippen LogP) is 2.57. The molecule has 0 bridgehead atoms. The van der Waals surface area contributed by atoms with E-state index in [0.29, 0.717) is 0 Å². The predicted molar refractivity (Wildman–Crippen MR) is 77.3 cm³/mol. The Bertz CT molecular complexity index is 735. The summed E-state index contributed by atoms with van der Waals surface area (Å²) >= 11 is 11.4. The second-order valence-corrected chi connectivity index (χ2v) is 6.60. The first-order valence-electron chi connectivity index (χ1n) is 5.60.